The first-order chi connectivity index (χ1) is 37.4. The predicted molar refractivity (Wildman–Crippen MR) is 299 cm³/mol. The molecule has 5 N–H and O–H groups in total. The highest BCUT2D eigenvalue weighted by atomic mass is 32.2. The number of halogens is 1. The Hall–Kier alpha value is -5.83. The molecule has 3 aromatic heterocycles. The molecular weight excluding hydrogens is 1010 g/mol. The topological polar surface area (TPSA) is 193 Å². The number of pyridine rings is 2. The van der Waals surface area contributed by atoms with Crippen molar-refractivity contribution in [3.05, 3.63) is 130 Å². The minimum atomic E-state index is -2.53. The molecule has 0 bridgehead atoms. The Kier molecular flexibility index (Phi) is 15.3. The second-order valence-electron chi connectivity index (χ2n) is 23.7. The highest BCUT2D eigenvalue weighted by molar-refractivity contribution is 7.89. The molecule has 3 aromatic carbocycles. The second kappa shape index (κ2) is 22.0. The molecule has 6 aromatic rings. The molecule has 3 saturated heterocycles. The highest BCUT2D eigenvalue weighted by Gasteiger charge is 2.55. The standard InChI is InChI=1S/C60H74FN9O7S/c1-37(2)45-9-7-8-10-46(45)54-49-36-67(33-40-13-11-38(3)12-14-40)34-41(49)35-69(54)43-28-60(29-43)21-23-68(24-22-60)42-15-16-47(52(25-42)77-53-27-48-50(61)32-64-55(48)65-57(53)76-6)58(71)70(74)78(75)44-26-51(66(5)73)56(63-31-44)62-30-39-17-19-59(4,72)20-18-39/h7-16,25-27,31-32,37,39,41,43,49,54,66,72,74H,17-24,28-30,33-36H2,1-6H3,(H,62,63)(H,64,65)/t39-,41?,49?,54?,59-,78?. The molecule has 1 spiro atoms. The number of aliphatic hydroxyl groups is 1. The van der Waals surface area contributed by atoms with Crippen LogP contribution in [0.5, 0.6) is 17.4 Å². The summed E-state index contributed by atoms with van der Waals surface area (Å²) in [7, 11) is 2.77. The third-order valence-corrected chi connectivity index (χ3v) is 19.0. The first-order valence-corrected chi connectivity index (χ1v) is 28.9. The Labute approximate surface area is 459 Å². The van der Waals surface area contributed by atoms with Crippen LogP contribution in [0, 0.1) is 41.1 Å². The van der Waals surface area contributed by atoms with Gasteiger partial charge in [-0.25, -0.2) is 14.6 Å². The van der Waals surface area contributed by atoms with Crippen LogP contribution in [0.15, 0.2) is 96.2 Å². The summed E-state index contributed by atoms with van der Waals surface area (Å²) >= 11 is -2.53. The number of aryl methyl sites for hydroxylation is 1. The molecule has 11 rings (SSSR count). The quantitative estimate of drug-likeness (QED) is 0.0350. The molecule has 6 heterocycles. The van der Waals surface area contributed by atoms with Gasteiger partial charge in [0.15, 0.2) is 17.3 Å². The Morgan fingerprint density at radius 1 is 1.01 bits per heavy atom. The van der Waals surface area contributed by atoms with Gasteiger partial charge in [0.05, 0.1) is 43.0 Å². The van der Waals surface area contributed by atoms with E-state index in [-0.39, 0.29) is 65.4 Å². The van der Waals surface area contributed by atoms with E-state index in [2.05, 4.69) is 104 Å². The zero-order valence-corrected chi connectivity index (χ0v) is 46.5. The summed E-state index contributed by atoms with van der Waals surface area (Å²) in [6.07, 6.45) is 9.73. The minimum Gasteiger partial charge on any atom is -0.629 e. The summed E-state index contributed by atoms with van der Waals surface area (Å²) in [5, 5.41) is 37.8. The average Bonchev–Trinajstić information content (AvgIpc) is 4.28. The number of fused-ring (bicyclic) bond motifs is 2. The van der Waals surface area contributed by atoms with Crippen LogP contribution in [0.25, 0.3) is 11.0 Å². The van der Waals surface area contributed by atoms with E-state index in [1.807, 2.05) is 6.92 Å². The van der Waals surface area contributed by atoms with Crippen LogP contribution in [0.3, 0.4) is 0 Å². The smallest absolute Gasteiger partial charge is 0.329 e. The van der Waals surface area contributed by atoms with Crippen LogP contribution >= 0.6 is 0 Å². The third-order valence-electron chi connectivity index (χ3n) is 17.9. The minimum absolute atomic E-state index is 0.00370. The number of nitrogens with zero attached hydrogens (tertiary/aromatic N) is 6. The van der Waals surface area contributed by atoms with Crippen molar-refractivity contribution in [1.82, 2.24) is 29.2 Å². The molecule has 18 heteroatoms. The normalized spacial score (nSPS) is 24.3. The number of nitrogens with one attached hydrogen (secondary N) is 3. The Balaban J connectivity index is 0.803. The number of methoxy groups -OCH3 is 1. The van der Waals surface area contributed by atoms with Crippen molar-refractivity contribution in [2.24, 2.45) is 23.2 Å². The highest BCUT2D eigenvalue weighted by Crippen LogP contribution is 2.57. The number of aromatic nitrogens is 3. The van der Waals surface area contributed by atoms with Gasteiger partial charge < -0.3 is 44.6 Å². The van der Waals surface area contributed by atoms with E-state index >= 15 is 0 Å². The molecule has 0 radical (unpaired) electrons. The molecule has 5 atom stereocenters. The lowest BCUT2D eigenvalue weighted by molar-refractivity contribution is -0.751. The molecule has 1 amide bonds. The van der Waals surface area contributed by atoms with E-state index in [0.29, 0.717) is 55.0 Å². The maximum Gasteiger partial charge on any atom is 0.329 e. The van der Waals surface area contributed by atoms with Crippen molar-refractivity contribution >= 4 is 45.5 Å². The summed E-state index contributed by atoms with van der Waals surface area (Å²) in [6.45, 7) is 15.0. The molecule has 2 aliphatic carbocycles. The molecule has 414 valence electrons. The first-order valence-electron chi connectivity index (χ1n) is 27.8. The number of hydrogen-bond donors (Lipinski definition) is 5. The Morgan fingerprint density at radius 2 is 1.76 bits per heavy atom. The van der Waals surface area contributed by atoms with Gasteiger partial charge >= 0.3 is 5.91 Å². The predicted octanol–water partition coefficient (Wildman–Crippen LogP) is 9.44. The number of carbonyl (C=O) groups is 1. The van der Waals surface area contributed by atoms with Crippen molar-refractivity contribution in [3.63, 3.8) is 0 Å². The van der Waals surface area contributed by atoms with E-state index < -0.39 is 28.7 Å². The summed E-state index contributed by atoms with van der Waals surface area (Å²) in [5.74, 6) is 0.641. The number of benzene rings is 3. The van der Waals surface area contributed by atoms with Crippen molar-refractivity contribution < 1.29 is 38.6 Å². The van der Waals surface area contributed by atoms with Gasteiger partial charge in [0.2, 0.25) is 4.90 Å². The number of amides is 1. The van der Waals surface area contributed by atoms with Gasteiger partial charge in [-0.2, -0.15) is 4.98 Å². The number of ether oxygens (including phenoxy) is 2. The van der Waals surface area contributed by atoms with Crippen molar-refractivity contribution in [2.75, 3.05) is 63.6 Å². The van der Waals surface area contributed by atoms with Crippen LogP contribution in [0.1, 0.15) is 117 Å². The van der Waals surface area contributed by atoms with Gasteiger partial charge in [-0.1, -0.05) is 67.9 Å². The maximum atomic E-state index is 15.0. The second-order valence-corrected chi connectivity index (χ2v) is 25.0. The van der Waals surface area contributed by atoms with Gasteiger partial charge in [0.1, 0.15) is 28.6 Å². The average molecular weight is 1080 g/mol. The fourth-order valence-corrected chi connectivity index (χ4v) is 14.2. The van der Waals surface area contributed by atoms with Crippen LogP contribution in [-0.2, 0) is 17.9 Å². The van der Waals surface area contributed by atoms with Crippen molar-refractivity contribution in [2.45, 2.75) is 114 Å². The van der Waals surface area contributed by atoms with Gasteiger partial charge in [0.25, 0.3) is 5.88 Å². The van der Waals surface area contributed by atoms with Gasteiger partial charge in [-0.15, -0.1) is 0 Å². The maximum absolute atomic E-state index is 15.0. The molecule has 5 fully saturated rings. The number of carbonyl (C=O) groups excluding carboxylic acids is 1. The van der Waals surface area contributed by atoms with Gasteiger partial charge in [-0.3, -0.25) is 14.6 Å². The van der Waals surface area contributed by atoms with E-state index in [1.165, 1.54) is 67.0 Å². The van der Waals surface area contributed by atoms with Crippen molar-refractivity contribution in [1.29, 1.82) is 0 Å². The van der Waals surface area contributed by atoms with Crippen molar-refractivity contribution in [3.8, 4) is 17.4 Å². The van der Waals surface area contributed by atoms with E-state index in [0.717, 1.165) is 83.5 Å². The largest absolute Gasteiger partial charge is 0.629 e. The summed E-state index contributed by atoms with van der Waals surface area (Å²) in [4.78, 5) is 33.8. The molecule has 78 heavy (non-hydrogen) atoms. The number of anilines is 2. The van der Waals surface area contributed by atoms with Gasteiger partial charge in [-0.05, 0) is 128 Å². The lowest BCUT2D eigenvalue weighted by Gasteiger charge is -2.56. The number of H-pyrrole nitrogens is 1. The van der Waals surface area contributed by atoms with E-state index in [4.69, 9.17) is 9.47 Å². The molecule has 5 unspecified atom stereocenters. The van der Waals surface area contributed by atoms with Gasteiger partial charge in [0, 0.05) is 81.9 Å². The molecule has 2 saturated carbocycles. The molecule has 16 nitrogen and oxygen atoms in total. The van der Waals surface area contributed by atoms with E-state index in [9.17, 15) is 29.3 Å². The van der Waals surface area contributed by atoms with Crippen LogP contribution < -0.4 is 24.8 Å². The third kappa shape index (κ3) is 10.9. The lowest BCUT2D eigenvalue weighted by atomic mass is 9.59. The number of quaternary nitrogens is 1. The monoisotopic (exact) mass is 1080 g/mol. The Bertz CT molecular complexity index is 3110. The number of hydrogen-bond acceptors (Lipinski definition) is 13. The molecule has 3 aliphatic heterocycles. The molecule has 5 aliphatic rings. The summed E-state index contributed by atoms with van der Waals surface area (Å²) in [6, 6.07) is 26.9. The first kappa shape index (κ1) is 54.1. The zero-order chi connectivity index (χ0) is 54.6. The molecular formula is C60H74FN9O7S. The van der Waals surface area contributed by atoms with Crippen LogP contribution in [0.2, 0.25) is 0 Å². The lowest BCUT2D eigenvalue weighted by Crippen LogP contribution is -2.98. The fourth-order valence-electron chi connectivity index (χ4n) is 13.4. The Morgan fingerprint density at radius 3 is 2.47 bits per heavy atom. The summed E-state index contributed by atoms with van der Waals surface area (Å²) in [5.41, 5.74) is 6.20. The fraction of sp³-hybridized carbons (Fsp3) is 0.483. The SMILES string of the molecule is COc1nc2[nH]cc(F)c2cc1Oc1cc(N2CCC3(CC2)CC(N2CC4CN(Cc5ccc(C)cc5)CC4C2c2ccccc2C(C)C)C3)ccc1C(=O)N(O)[S+]([O-])c1cnc(NC[C@H]2CC[C@](C)(O)CC2)c([NH+](C)[O-])c1. The number of piperidine rings is 1. The number of hydroxylamine groups is 2. The van der Waals surface area contributed by atoms with Crippen LogP contribution in [0.4, 0.5) is 21.6 Å². The zero-order valence-electron chi connectivity index (χ0n) is 45.6. The summed E-state index contributed by atoms with van der Waals surface area (Å²) < 4.78 is 41.2. The number of rotatable bonds is 16. The number of likely N-dealkylation sites (tertiary alicyclic amines) is 2. The van der Waals surface area contributed by atoms with E-state index in [1.54, 1.807) is 12.1 Å². The van der Waals surface area contributed by atoms with Crippen LogP contribution in [-0.4, -0.2) is 115 Å². The number of aromatic amines is 1.